The van der Waals surface area contributed by atoms with Gasteiger partial charge in [0, 0.05) is 35.4 Å². The van der Waals surface area contributed by atoms with Gasteiger partial charge in [0.25, 0.3) is 0 Å². The molecule has 170 valence electrons. The van der Waals surface area contributed by atoms with Gasteiger partial charge in [-0.15, -0.1) is 0 Å². The molecule has 0 aliphatic heterocycles. The fourth-order valence-electron chi connectivity index (χ4n) is 4.44. The molecular weight excluding hydrogens is 416 g/mol. The molecule has 3 heterocycles. The number of nitrogens with zero attached hydrogens (tertiary/aromatic N) is 3. The van der Waals surface area contributed by atoms with Crippen molar-refractivity contribution in [3.63, 3.8) is 0 Å². The van der Waals surface area contributed by atoms with Crippen LogP contribution < -0.4 is 5.32 Å². The number of aromatic nitrogens is 3. The van der Waals surface area contributed by atoms with E-state index >= 15 is 0 Å². The van der Waals surface area contributed by atoms with Crippen molar-refractivity contribution in [2.24, 2.45) is 0 Å². The van der Waals surface area contributed by atoms with Crippen molar-refractivity contribution in [2.45, 2.75) is 39.2 Å². The molecule has 2 aromatic carbocycles. The lowest BCUT2D eigenvalue weighted by Crippen LogP contribution is -2.21. The first-order valence-electron chi connectivity index (χ1n) is 12.0. The second-order valence-corrected chi connectivity index (χ2v) is 9.08. The standard InChI is InChI=1S/C30H30N4/c1-21-3-10-27-28-18-25(19-33-30(28)20-34-29(27)17-21)5-4-23-6-8-26(9-7-23)22(2)32-16-13-24-11-14-31-15-12-24/h3,6-12,14-15,17-20,22,32H,4-5,13,16H2,1-2H3. The zero-order valence-electron chi connectivity index (χ0n) is 19.8. The van der Waals surface area contributed by atoms with Crippen LogP contribution in [-0.4, -0.2) is 21.5 Å². The number of rotatable bonds is 8. The Bertz CT molecular complexity index is 1390. The smallest absolute Gasteiger partial charge is 0.0891 e. The molecule has 0 aliphatic carbocycles. The van der Waals surface area contributed by atoms with Gasteiger partial charge in [-0.25, -0.2) is 0 Å². The Morgan fingerprint density at radius 1 is 0.706 bits per heavy atom. The van der Waals surface area contributed by atoms with E-state index < -0.39 is 0 Å². The molecule has 1 unspecified atom stereocenters. The van der Waals surface area contributed by atoms with Crippen LogP contribution in [-0.2, 0) is 19.3 Å². The average molecular weight is 447 g/mol. The molecule has 0 aliphatic rings. The van der Waals surface area contributed by atoms with Crippen molar-refractivity contribution >= 4 is 21.8 Å². The Morgan fingerprint density at radius 2 is 1.44 bits per heavy atom. The van der Waals surface area contributed by atoms with E-state index in [0.29, 0.717) is 6.04 Å². The SMILES string of the molecule is Cc1ccc2c(c1)ncc1ncc(CCc3ccc(C(C)NCCc4ccncc4)cc3)cc12. The van der Waals surface area contributed by atoms with Crippen LogP contribution in [0.5, 0.6) is 0 Å². The molecule has 0 bridgehead atoms. The molecule has 0 saturated heterocycles. The number of pyridine rings is 3. The normalized spacial score (nSPS) is 12.3. The van der Waals surface area contributed by atoms with E-state index in [4.69, 9.17) is 0 Å². The minimum atomic E-state index is 0.325. The lowest BCUT2D eigenvalue weighted by Gasteiger charge is -2.15. The average Bonchev–Trinajstić information content (AvgIpc) is 2.88. The van der Waals surface area contributed by atoms with Gasteiger partial charge in [-0.1, -0.05) is 36.4 Å². The Labute approximate surface area is 201 Å². The van der Waals surface area contributed by atoms with Gasteiger partial charge < -0.3 is 5.32 Å². The molecule has 5 rings (SSSR count). The highest BCUT2D eigenvalue weighted by Gasteiger charge is 2.07. The summed E-state index contributed by atoms with van der Waals surface area (Å²) in [4.78, 5) is 13.3. The summed E-state index contributed by atoms with van der Waals surface area (Å²) in [5.41, 5.74) is 8.46. The van der Waals surface area contributed by atoms with Crippen molar-refractivity contribution in [1.82, 2.24) is 20.3 Å². The minimum absolute atomic E-state index is 0.325. The summed E-state index contributed by atoms with van der Waals surface area (Å²) < 4.78 is 0. The van der Waals surface area contributed by atoms with Gasteiger partial charge in [0.15, 0.2) is 0 Å². The van der Waals surface area contributed by atoms with E-state index in [9.17, 15) is 0 Å². The van der Waals surface area contributed by atoms with E-state index in [1.165, 1.54) is 38.6 Å². The first-order valence-corrected chi connectivity index (χ1v) is 12.0. The maximum absolute atomic E-state index is 4.68. The third kappa shape index (κ3) is 5.13. The van der Waals surface area contributed by atoms with Crippen LogP contribution in [0.2, 0.25) is 0 Å². The van der Waals surface area contributed by atoms with Crippen LogP contribution in [0.25, 0.3) is 21.8 Å². The fourth-order valence-corrected chi connectivity index (χ4v) is 4.44. The molecule has 0 fully saturated rings. The molecule has 4 heteroatoms. The van der Waals surface area contributed by atoms with E-state index in [2.05, 4.69) is 94.8 Å². The Kier molecular flexibility index (Phi) is 6.59. The number of nitrogens with one attached hydrogen (secondary N) is 1. The monoisotopic (exact) mass is 446 g/mol. The Hall–Kier alpha value is -3.63. The van der Waals surface area contributed by atoms with Crippen LogP contribution >= 0.6 is 0 Å². The van der Waals surface area contributed by atoms with Gasteiger partial charge in [0.1, 0.15) is 0 Å². The Morgan fingerprint density at radius 3 is 2.26 bits per heavy atom. The van der Waals surface area contributed by atoms with E-state index in [1.807, 2.05) is 24.8 Å². The van der Waals surface area contributed by atoms with Gasteiger partial charge in [-0.2, -0.15) is 0 Å². The van der Waals surface area contributed by atoms with Crippen LogP contribution in [0.4, 0.5) is 0 Å². The molecule has 1 atom stereocenters. The maximum Gasteiger partial charge on any atom is 0.0891 e. The molecule has 34 heavy (non-hydrogen) atoms. The van der Waals surface area contributed by atoms with Crippen LogP contribution in [0.15, 0.2) is 85.5 Å². The number of hydrogen-bond acceptors (Lipinski definition) is 4. The second kappa shape index (κ2) is 10.1. The summed E-state index contributed by atoms with van der Waals surface area (Å²) >= 11 is 0. The van der Waals surface area contributed by atoms with Crippen LogP contribution in [0.1, 0.15) is 40.8 Å². The first kappa shape index (κ1) is 22.2. The molecule has 0 spiro atoms. The van der Waals surface area contributed by atoms with E-state index in [0.717, 1.165) is 36.8 Å². The molecule has 4 nitrogen and oxygen atoms in total. The van der Waals surface area contributed by atoms with Crippen molar-refractivity contribution in [2.75, 3.05) is 6.54 Å². The second-order valence-electron chi connectivity index (χ2n) is 9.08. The number of benzene rings is 2. The summed E-state index contributed by atoms with van der Waals surface area (Å²) in [6, 6.07) is 22.2. The molecule has 0 radical (unpaired) electrons. The molecule has 0 saturated carbocycles. The quantitative estimate of drug-likeness (QED) is 0.290. The number of fused-ring (bicyclic) bond motifs is 3. The first-order chi connectivity index (χ1) is 16.7. The summed E-state index contributed by atoms with van der Waals surface area (Å²) in [5, 5.41) is 5.98. The van der Waals surface area contributed by atoms with Gasteiger partial charge >= 0.3 is 0 Å². The zero-order chi connectivity index (χ0) is 23.3. The minimum Gasteiger partial charge on any atom is -0.310 e. The highest BCUT2D eigenvalue weighted by Crippen LogP contribution is 2.24. The summed E-state index contributed by atoms with van der Waals surface area (Å²) in [6.07, 6.45) is 10.6. The van der Waals surface area contributed by atoms with Gasteiger partial charge in [-0.3, -0.25) is 15.0 Å². The maximum atomic E-state index is 4.68. The molecular formula is C30H30N4. The van der Waals surface area contributed by atoms with Crippen LogP contribution in [0, 0.1) is 6.92 Å². The van der Waals surface area contributed by atoms with Crippen molar-refractivity contribution < 1.29 is 0 Å². The number of aryl methyl sites for hydroxylation is 3. The molecule has 5 aromatic rings. The molecule has 0 amide bonds. The van der Waals surface area contributed by atoms with E-state index in [1.54, 1.807) is 0 Å². The van der Waals surface area contributed by atoms with Gasteiger partial charge in [0.05, 0.1) is 17.2 Å². The lowest BCUT2D eigenvalue weighted by molar-refractivity contribution is 0.576. The summed E-state index contributed by atoms with van der Waals surface area (Å²) in [6.45, 7) is 5.28. The predicted molar refractivity (Wildman–Crippen MR) is 140 cm³/mol. The van der Waals surface area contributed by atoms with Gasteiger partial charge in [-0.05, 0) is 91.7 Å². The summed E-state index contributed by atoms with van der Waals surface area (Å²) in [7, 11) is 0. The molecule has 3 aromatic heterocycles. The highest BCUT2D eigenvalue weighted by atomic mass is 14.9. The predicted octanol–water partition coefficient (Wildman–Crippen LogP) is 6.16. The zero-order valence-corrected chi connectivity index (χ0v) is 19.8. The Balaban J connectivity index is 1.21. The van der Waals surface area contributed by atoms with E-state index in [-0.39, 0.29) is 0 Å². The molecule has 1 N–H and O–H groups in total. The van der Waals surface area contributed by atoms with Gasteiger partial charge in [0.2, 0.25) is 0 Å². The fraction of sp³-hybridized carbons (Fsp3) is 0.233. The lowest BCUT2D eigenvalue weighted by atomic mass is 10.0. The largest absolute Gasteiger partial charge is 0.310 e. The van der Waals surface area contributed by atoms with Crippen molar-refractivity contribution in [1.29, 1.82) is 0 Å². The third-order valence-electron chi connectivity index (χ3n) is 6.54. The third-order valence-corrected chi connectivity index (χ3v) is 6.54. The van der Waals surface area contributed by atoms with Crippen LogP contribution in [0.3, 0.4) is 0 Å². The summed E-state index contributed by atoms with van der Waals surface area (Å²) in [5.74, 6) is 0. The van der Waals surface area contributed by atoms with Crippen molar-refractivity contribution in [3.8, 4) is 0 Å². The van der Waals surface area contributed by atoms with Crippen molar-refractivity contribution in [3.05, 3.63) is 113 Å². The number of hydrogen-bond donors (Lipinski definition) is 1. The topological polar surface area (TPSA) is 50.7 Å². The highest BCUT2D eigenvalue weighted by molar-refractivity contribution is 6.04.